The summed E-state index contributed by atoms with van der Waals surface area (Å²) in [5, 5.41) is 3.06. The second kappa shape index (κ2) is 5.18. The van der Waals surface area contributed by atoms with Crippen molar-refractivity contribution in [2.45, 2.75) is 18.9 Å². The number of amides is 1. The molecule has 3 heterocycles. The average molecular weight is 277 g/mol. The smallest absolute Gasteiger partial charge is 0.253 e. The largest absolute Gasteiger partial charge is 0.349 e. The van der Waals surface area contributed by atoms with Crippen LogP contribution in [-0.4, -0.2) is 50.7 Å². The number of carbonyl (C=O) groups excluding carboxylic acids is 1. The molecule has 1 fully saturated rings. The zero-order valence-corrected chi connectivity index (χ0v) is 11.5. The maximum absolute atomic E-state index is 12.2. The quantitative estimate of drug-likeness (QED) is 0.883. The predicted octanol–water partition coefficient (Wildman–Crippen LogP) is 0.910. The molecule has 3 rings (SSSR count). The third-order valence-corrected chi connectivity index (χ3v) is 3.96. The summed E-state index contributed by atoms with van der Waals surface area (Å²) in [7, 11) is 2.10. The lowest BCUT2D eigenvalue weighted by Crippen LogP contribution is -2.43. The van der Waals surface area contributed by atoms with E-state index in [0.717, 1.165) is 37.7 Å². The number of nitrogens with one attached hydrogen (secondary N) is 1. The number of pyridine rings is 1. The molecule has 0 aromatic carbocycles. The SMILES string of the molecule is CN1CCC(NC(=O)c2cnc3nsnc3c2)CC1. The van der Waals surface area contributed by atoms with E-state index >= 15 is 0 Å². The van der Waals surface area contributed by atoms with Gasteiger partial charge in [0.05, 0.1) is 17.3 Å². The molecule has 7 heteroatoms. The minimum absolute atomic E-state index is 0.0723. The van der Waals surface area contributed by atoms with Gasteiger partial charge < -0.3 is 10.2 Å². The molecule has 0 atom stereocenters. The van der Waals surface area contributed by atoms with Crippen LogP contribution >= 0.6 is 11.7 Å². The van der Waals surface area contributed by atoms with E-state index in [9.17, 15) is 4.79 Å². The molecule has 0 bridgehead atoms. The van der Waals surface area contributed by atoms with Crippen molar-refractivity contribution in [3.8, 4) is 0 Å². The number of likely N-dealkylation sites (tertiary alicyclic amines) is 1. The first-order valence-electron chi connectivity index (χ1n) is 6.30. The fourth-order valence-electron chi connectivity index (χ4n) is 2.23. The van der Waals surface area contributed by atoms with Gasteiger partial charge in [-0.15, -0.1) is 0 Å². The average Bonchev–Trinajstić information content (AvgIpc) is 2.88. The molecule has 100 valence electrons. The summed E-state index contributed by atoms with van der Waals surface area (Å²) in [6.45, 7) is 2.05. The molecule has 1 amide bonds. The fourth-order valence-corrected chi connectivity index (χ4v) is 2.71. The van der Waals surface area contributed by atoms with E-state index in [1.165, 1.54) is 0 Å². The molecule has 1 aliphatic rings. The van der Waals surface area contributed by atoms with Gasteiger partial charge in [-0.25, -0.2) is 4.98 Å². The first-order valence-corrected chi connectivity index (χ1v) is 7.03. The molecule has 1 saturated heterocycles. The fraction of sp³-hybridized carbons (Fsp3) is 0.500. The van der Waals surface area contributed by atoms with Crippen LogP contribution in [0.3, 0.4) is 0 Å². The second-order valence-electron chi connectivity index (χ2n) is 4.88. The van der Waals surface area contributed by atoms with Gasteiger partial charge in [-0.05, 0) is 39.0 Å². The monoisotopic (exact) mass is 277 g/mol. The predicted molar refractivity (Wildman–Crippen MR) is 73.2 cm³/mol. The number of piperidine rings is 1. The zero-order valence-electron chi connectivity index (χ0n) is 10.7. The van der Waals surface area contributed by atoms with Crippen molar-refractivity contribution in [2.24, 2.45) is 0 Å². The lowest BCUT2D eigenvalue weighted by molar-refractivity contribution is 0.0916. The van der Waals surface area contributed by atoms with Crippen LogP contribution in [0.1, 0.15) is 23.2 Å². The topological polar surface area (TPSA) is 71.0 Å². The van der Waals surface area contributed by atoms with E-state index in [-0.39, 0.29) is 11.9 Å². The Bertz CT molecular complexity index is 591. The summed E-state index contributed by atoms with van der Waals surface area (Å²) in [5.74, 6) is -0.0723. The highest BCUT2D eigenvalue weighted by Gasteiger charge is 2.19. The van der Waals surface area contributed by atoms with Gasteiger partial charge in [0.15, 0.2) is 5.65 Å². The Morgan fingerprint density at radius 1 is 1.42 bits per heavy atom. The van der Waals surface area contributed by atoms with Crippen LogP contribution in [0.15, 0.2) is 12.3 Å². The number of aromatic nitrogens is 3. The second-order valence-corrected chi connectivity index (χ2v) is 5.41. The van der Waals surface area contributed by atoms with Gasteiger partial charge in [-0.3, -0.25) is 4.79 Å². The number of hydrogen-bond donors (Lipinski definition) is 1. The van der Waals surface area contributed by atoms with Crippen LogP contribution < -0.4 is 5.32 Å². The normalized spacial score (nSPS) is 17.7. The summed E-state index contributed by atoms with van der Waals surface area (Å²) in [4.78, 5) is 18.6. The Hall–Kier alpha value is -1.60. The van der Waals surface area contributed by atoms with E-state index in [1.54, 1.807) is 12.3 Å². The summed E-state index contributed by atoms with van der Waals surface area (Å²) in [5.41, 5.74) is 1.83. The van der Waals surface area contributed by atoms with Gasteiger partial charge in [0.25, 0.3) is 5.91 Å². The Labute approximate surface area is 115 Å². The molecule has 0 spiro atoms. The number of fused-ring (bicyclic) bond motifs is 1. The highest BCUT2D eigenvalue weighted by Crippen LogP contribution is 2.12. The first kappa shape index (κ1) is 12.4. The maximum atomic E-state index is 12.2. The molecule has 19 heavy (non-hydrogen) atoms. The number of rotatable bonds is 2. The van der Waals surface area contributed by atoms with Crippen molar-refractivity contribution in [3.63, 3.8) is 0 Å². The highest BCUT2D eigenvalue weighted by atomic mass is 32.1. The van der Waals surface area contributed by atoms with Gasteiger partial charge in [0, 0.05) is 12.2 Å². The van der Waals surface area contributed by atoms with Gasteiger partial charge in [0.2, 0.25) is 0 Å². The van der Waals surface area contributed by atoms with Crippen LogP contribution in [0.5, 0.6) is 0 Å². The molecule has 6 nitrogen and oxygen atoms in total. The highest BCUT2D eigenvalue weighted by molar-refractivity contribution is 7.00. The molecule has 0 radical (unpaired) electrons. The Kier molecular flexibility index (Phi) is 3.39. The van der Waals surface area contributed by atoms with E-state index in [1.807, 2.05) is 0 Å². The summed E-state index contributed by atoms with van der Waals surface area (Å²) < 4.78 is 8.13. The summed E-state index contributed by atoms with van der Waals surface area (Å²) in [6, 6.07) is 2.00. The lowest BCUT2D eigenvalue weighted by Gasteiger charge is -2.29. The van der Waals surface area contributed by atoms with Crippen LogP contribution in [0, 0.1) is 0 Å². The first-order chi connectivity index (χ1) is 9.22. The van der Waals surface area contributed by atoms with Crippen molar-refractivity contribution in [1.82, 2.24) is 23.9 Å². The van der Waals surface area contributed by atoms with Crippen LogP contribution in [0.4, 0.5) is 0 Å². The third-order valence-electron chi connectivity index (χ3n) is 3.43. The van der Waals surface area contributed by atoms with Crippen molar-refractivity contribution in [3.05, 3.63) is 17.8 Å². The standard InChI is InChI=1S/C12H15N5OS/c1-17-4-2-9(3-5-17)14-12(18)8-6-10-11(13-7-8)16-19-15-10/h6-7,9H,2-5H2,1H3,(H,14,18). The van der Waals surface area contributed by atoms with Gasteiger partial charge in [-0.2, -0.15) is 8.75 Å². The molecule has 2 aromatic rings. The number of hydrogen-bond acceptors (Lipinski definition) is 6. The number of carbonyl (C=O) groups is 1. The van der Waals surface area contributed by atoms with E-state index in [0.29, 0.717) is 16.7 Å². The van der Waals surface area contributed by atoms with E-state index < -0.39 is 0 Å². The molecule has 0 aliphatic carbocycles. The van der Waals surface area contributed by atoms with Crippen molar-refractivity contribution in [1.29, 1.82) is 0 Å². The molecule has 0 saturated carbocycles. The van der Waals surface area contributed by atoms with Crippen LogP contribution in [-0.2, 0) is 0 Å². The Morgan fingerprint density at radius 2 is 2.21 bits per heavy atom. The lowest BCUT2D eigenvalue weighted by atomic mass is 10.1. The summed E-state index contributed by atoms with van der Waals surface area (Å²) >= 11 is 1.11. The van der Waals surface area contributed by atoms with Crippen molar-refractivity contribution < 1.29 is 4.79 Å². The Morgan fingerprint density at radius 3 is 3.00 bits per heavy atom. The summed E-state index contributed by atoms with van der Waals surface area (Å²) in [6.07, 6.45) is 3.56. The van der Waals surface area contributed by atoms with Gasteiger partial charge in [0.1, 0.15) is 5.52 Å². The molecule has 1 aliphatic heterocycles. The molecular weight excluding hydrogens is 262 g/mol. The third kappa shape index (κ3) is 2.71. The van der Waals surface area contributed by atoms with Crippen LogP contribution in [0.2, 0.25) is 0 Å². The molecule has 1 N–H and O–H groups in total. The zero-order chi connectivity index (χ0) is 13.2. The van der Waals surface area contributed by atoms with Gasteiger partial charge in [-0.1, -0.05) is 0 Å². The van der Waals surface area contributed by atoms with Crippen molar-refractivity contribution >= 4 is 28.8 Å². The minimum Gasteiger partial charge on any atom is -0.349 e. The van der Waals surface area contributed by atoms with Gasteiger partial charge >= 0.3 is 0 Å². The van der Waals surface area contributed by atoms with Crippen molar-refractivity contribution in [2.75, 3.05) is 20.1 Å². The minimum atomic E-state index is -0.0723. The molecule has 2 aromatic heterocycles. The number of nitrogens with zero attached hydrogens (tertiary/aromatic N) is 4. The van der Waals surface area contributed by atoms with E-state index in [4.69, 9.17) is 0 Å². The Balaban J connectivity index is 1.69. The molecule has 0 unspecified atom stereocenters. The molecular formula is C12H15N5OS. The maximum Gasteiger partial charge on any atom is 0.253 e. The van der Waals surface area contributed by atoms with Crippen LogP contribution in [0.25, 0.3) is 11.2 Å². The van der Waals surface area contributed by atoms with E-state index in [2.05, 4.69) is 31.0 Å².